The normalized spacial score (nSPS) is 10.7. The lowest BCUT2D eigenvalue weighted by atomic mass is 10.2. The average molecular weight is 286 g/mol. The molecule has 0 amide bonds. The van der Waals surface area contributed by atoms with Crippen molar-refractivity contribution in [1.82, 2.24) is 4.98 Å². The minimum absolute atomic E-state index is 0.147. The maximum atomic E-state index is 8.98. The summed E-state index contributed by atoms with van der Waals surface area (Å²) in [5.74, 6) is 1.70. The molecule has 1 heterocycles. The summed E-state index contributed by atoms with van der Waals surface area (Å²) in [6, 6.07) is 11.9. The summed E-state index contributed by atoms with van der Waals surface area (Å²) >= 11 is 0. The third-order valence-corrected chi connectivity index (χ3v) is 3.02. The van der Waals surface area contributed by atoms with Crippen LogP contribution in [0.3, 0.4) is 0 Å². The van der Waals surface area contributed by atoms with E-state index in [1.807, 2.05) is 50.2 Å². The second kappa shape index (κ2) is 7.64. The van der Waals surface area contributed by atoms with E-state index in [-0.39, 0.29) is 12.7 Å². The van der Waals surface area contributed by atoms with Crippen LogP contribution in [0.2, 0.25) is 0 Å². The molecule has 0 aliphatic carbocycles. The van der Waals surface area contributed by atoms with Gasteiger partial charge in [0.05, 0.1) is 6.10 Å². The zero-order chi connectivity index (χ0) is 15.1. The number of benzene rings is 1. The molecule has 0 unspecified atom stereocenters. The number of aliphatic hydroxyl groups excluding tert-OH is 1. The number of aliphatic hydroxyl groups is 1. The number of rotatable bonds is 7. The summed E-state index contributed by atoms with van der Waals surface area (Å²) in [6.45, 7) is 4.83. The van der Waals surface area contributed by atoms with E-state index in [0.717, 1.165) is 22.7 Å². The van der Waals surface area contributed by atoms with Crippen LogP contribution < -0.4 is 10.1 Å². The monoisotopic (exact) mass is 286 g/mol. The first-order valence-corrected chi connectivity index (χ1v) is 7.23. The number of anilines is 1. The topological polar surface area (TPSA) is 54.4 Å². The molecule has 0 radical (unpaired) electrons. The molecule has 0 atom stereocenters. The highest BCUT2D eigenvalue weighted by Crippen LogP contribution is 2.20. The largest absolute Gasteiger partial charge is 0.491 e. The Hall–Kier alpha value is -2.07. The van der Waals surface area contributed by atoms with Gasteiger partial charge in [-0.15, -0.1) is 0 Å². The van der Waals surface area contributed by atoms with Crippen molar-refractivity contribution in [3.63, 3.8) is 0 Å². The lowest BCUT2D eigenvalue weighted by Crippen LogP contribution is -2.09. The molecule has 4 nitrogen and oxygen atoms in total. The Morgan fingerprint density at radius 1 is 1.24 bits per heavy atom. The number of hydrogen-bond donors (Lipinski definition) is 2. The second-order valence-electron chi connectivity index (χ2n) is 5.15. The van der Waals surface area contributed by atoms with Crippen LogP contribution in [0.25, 0.3) is 0 Å². The van der Waals surface area contributed by atoms with Gasteiger partial charge in [-0.05, 0) is 44.0 Å². The summed E-state index contributed by atoms with van der Waals surface area (Å²) in [5, 5.41) is 12.3. The summed E-state index contributed by atoms with van der Waals surface area (Å²) in [7, 11) is 0. The number of pyridine rings is 1. The smallest absolute Gasteiger partial charge is 0.126 e. The predicted octanol–water partition coefficient (Wildman–Crippen LogP) is 3.02. The number of nitrogens with zero attached hydrogens (tertiary/aromatic N) is 1. The summed E-state index contributed by atoms with van der Waals surface area (Å²) in [5.41, 5.74) is 2.17. The van der Waals surface area contributed by atoms with Crippen molar-refractivity contribution in [2.75, 3.05) is 11.9 Å². The Bertz CT molecular complexity index is 570. The molecule has 2 rings (SSSR count). The predicted molar refractivity (Wildman–Crippen MR) is 84.6 cm³/mol. The quantitative estimate of drug-likeness (QED) is 0.821. The van der Waals surface area contributed by atoms with E-state index >= 15 is 0 Å². The highest BCUT2D eigenvalue weighted by atomic mass is 16.5. The molecular formula is C17H22N2O2. The standard InChI is InChI=1S/C17H22N2O2/c1-13(2)21-16-6-4-3-5-15(16)12-19-17-11-14(8-10-20)7-9-18-17/h3-7,9,11,13,20H,8,10,12H2,1-2H3,(H,18,19). The lowest BCUT2D eigenvalue weighted by Gasteiger charge is -2.15. The number of nitrogens with one attached hydrogen (secondary N) is 1. The highest BCUT2D eigenvalue weighted by Gasteiger charge is 2.05. The minimum Gasteiger partial charge on any atom is -0.491 e. The van der Waals surface area contributed by atoms with Gasteiger partial charge in [-0.1, -0.05) is 18.2 Å². The maximum Gasteiger partial charge on any atom is 0.126 e. The fraction of sp³-hybridized carbons (Fsp3) is 0.353. The van der Waals surface area contributed by atoms with Gasteiger partial charge in [-0.3, -0.25) is 0 Å². The third-order valence-electron chi connectivity index (χ3n) is 3.02. The molecule has 2 aromatic rings. The Morgan fingerprint density at radius 3 is 2.81 bits per heavy atom. The molecular weight excluding hydrogens is 264 g/mol. The Labute approximate surface area is 125 Å². The van der Waals surface area contributed by atoms with Crippen LogP contribution in [-0.4, -0.2) is 22.8 Å². The zero-order valence-corrected chi connectivity index (χ0v) is 12.5. The van der Waals surface area contributed by atoms with Crippen LogP contribution in [0, 0.1) is 0 Å². The fourth-order valence-corrected chi connectivity index (χ4v) is 2.06. The Morgan fingerprint density at radius 2 is 2.05 bits per heavy atom. The first-order valence-electron chi connectivity index (χ1n) is 7.23. The van der Waals surface area contributed by atoms with Crippen LogP contribution in [-0.2, 0) is 13.0 Å². The molecule has 0 saturated heterocycles. The van der Waals surface area contributed by atoms with Crippen molar-refractivity contribution in [1.29, 1.82) is 0 Å². The first kappa shape index (κ1) is 15.3. The second-order valence-corrected chi connectivity index (χ2v) is 5.15. The van der Waals surface area contributed by atoms with Gasteiger partial charge in [0.25, 0.3) is 0 Å². The molecule has 0 aliphatic heterocycles. The lowest BCUT2D eigenvalue weighted by molar-refractivity contribution is 0.240. The van der Waals surface area contributed by atoms with Crippen LogP contribution in [0.5, 0.6) is 5.75 Å². The van der Waals surface area contributed by atoms with Crippen molar-refractivity contribution in [2.45, 2.75) is 32.9 Å². The first-order chi connectivity index (χ1) is 10.2. The molecule has 1 aromatic carbocycles. The van der Waals surface area contributed by atoms with Gasteiger partial charge in [0.1, 0.15) is 11.6 Å². The Kier molecular flexibility index (Phi) is 5.58. The molecule has 112 valence electrons. The van der Waals surface area contributed by atoms with Crippen LogP contribution in [0.15, 0.2) is 42.6 Å². The van der Waals surface area contributed by atoms with Crippen LogP contribution in [0.4, 0.5) is 5.82 Å². The zero-order valence-electron chi connectivity index (χ0n) is 12.5. The minimum atomic E-state index is 0.147. The van der Waals surface area contributed by atoms with Gasteiger partial charge in [0.2, 0.25) is 0 Å². The highest BCUT2D eigenvalue weighted by molar-refractivity contribution is 5.41. The number of ether oxygens (including phenoxy) is 1. The number of hydrogen-bond acceptors (Lipinski definition) is 4. The summed E-state index contributed by atoms with van der Waals surface area (Å²) < 4.78 is 5.80. The van der Waals surface area contributed by atoms with Gasteiger partial charge in [-0.25, -0.2) is 4.98 Å². The molecule has 1 aromatic heterocycles. The summed E-state index contributed by atoms with van der Waals surface area (Å²) in [4.78, 5) is 4.29. The van der Waals surface area contributed by atoms with E-state index in [2.05, 4.69) is 10.3 Å². The summed E-state index contributed by atoms with van der Waals surface area (Å²) in [6.07, 6.45) is 2.55. The van der Waals surface area contributed by atoms with E-state index < -0.39 is 0 Å². The Balaban J connectivity index is 2.04. The number of para-hydroxylation sites is 1. The SMILES string of the molecule is CC(C)Oc1ccccc1CNc1cc(CCO)ccn1. The van der Waals surface area contributed by atoms with Gasteiger partial charge >= 0.3 is 0 Å². The van der Waals surface area contributed by atoms with Gasteiger partial charge in [0.15, 0.2) is 0 Å². The van der Waals surface area contributed by atoms with Crippen molar-refractivity contribution >= 4 is 5.82 Å². The van der Waals surface area contributed by atoms with E-state index in [1.54, 1.807) is 6.20 Å². The van der Waals surface area contributed by atoms with Crippen molar-refractivity contribution in [3.05, 3.63) is 53.7 Å². The molecule has 0 aliphatic rings. The fourth-order valence-electron chi connectivity index (χ4n) is 2.06. The van der Waals surface area contributed by atoms with E-state index in [1.165, 1.54) is 0 Å². The van der Waals surface area contributed by atoms with Crippen molar-refractivity contribution in [2.24, 2.45) is 0 Å². The van der Waals surface area contributed by atoms with E-state index in [9.17, 15) is 0 Å². The molecule has 0 saturated carbocycles. The third kappa shape index (κ3) is 4.76. The molecule has 2 N–H and O–H groups in total. The van der Waals surface area contributed by atoms with E-state index in [0.29, 0.717) is 13.0 Å². The molecule has 21 heavy (non-hydrogen) atoms. The van der Waals surface area contributed by atoms with Gasteiger partial charge in [-0.2, -0.15) is 0 Å². The van der Waals surface area contributed by atoms with Crippen LogP contribution >= 0.6 is 0 Å². The van der Waals surface area contributed by atoms with Gasteiger partial charge in [0, 0.05) is 24.9 Å². The van der Waals surface area contributed by atoms with Crippen LogP contribution in [0.1, 0.15) is 25.0 Å². The van der Waals surface area contributed by atoms with Crippen molar-refractivity contribution < 1.29 is 9.84 Å². The molecule has 4 heteroatoms. The average Bonchev–Trinajstić information content (AvgIpc) is 2.47. The van der Waals surface area contributed by atoms with Crippen molar-refractivity contribution in [3.8, 4) is 5.75 Å². The molecule has 0 fully saturated rings. The number of aromatic nitrogens is 1. The van der Waals surface area contributed by atoms with Gasteiger partial charge < -0.3 is 15.2 Å². The molecule has 0 bridgehead atoms. The van der Waals surface area contributed by atoms with E-state index in [4.69, 9.17) is 9.84 Å². The maximum absolute atomic E-state index is 8.98. The molecule has 0 spiro atoms.